The van der Waals surface area contributed by atoms with Crippen LogP contribution in [0.1, 0.15) is 30.0 Å². The number of likely N-dealkylation sites (tertiary alicyclic amines) is 1. The Morgan fingerprint density at radius 1 is 1.36 bits per heavy atom. The normalized spacial score (nSPS) is 20.9. The first kappa shape index (κ1) is 17.4. The standard InChI is InChI=1S/C16H17F3N4O2/c17-16(18,19)12-3-1-2-11(8-12)14-9-13(24)10-23(14)15(25)4-6-22-7-5-20-21-22/h1-3,5,7-8,13-14,24H,4,6,9-10H2/t13-,14+/m0/s1. The van der Waals surface area contributed by atoms with E-state index in [9.17, 15) is 23.1 Å². The summed E-state index contributed by atoms with van der Waals surface area (Å²) in [5, 5.41) is 17.3. The van der Waals surface area contributed by atoms with Gasteiger partial charge in [-0.2, -0.15) is 13.2 Å². The van der Waals surface area contributed by atoms with Crippen molar-refractivity contribution in [2.45, 2.75) is 37.7 Å². The number of aromatic nitrogens is 3. The van der Waals surface area contributed by atoms with E-state index < -0.39 is 23.9 Å². The largest absolute Gasteiger partial charge is 0.416 e. The second-order valence-corrected chi connectivity index (χ2v) is 5.99. The van der Waals surface area contributed by atoms with Crippen LogP contribution in [-0.4, -0.2) is 43.6 Å². The molecule has 0 spiro atoms. The summed E-state index contributed by atoms with van der Waals surface area (Å²) in [6.45, 7) is 0.428. The average Bonchev–Trinajstić information content (AvgIpc) is 3.21. The lowest BCUT2D eigenvalue weighted by atomic mass is 10.0. The monoisotopic (exact) mass is 354 g/mol. The van der Waals surface area contributed by atoms with Gasteiger partial charge in [-0.25, -0.2) is 0 Å². The maximum atomic E-state index is 12.9. The first-order chi connectivity index (χ1) is 11.8. The van der Waals surface area contributed by atoms with E-state index in [1.165, 1.54) is 21.8 Å². The Morgan fingerprint density at radius 2 is 2.16 bits per heavy atom. The van der Waals surface area contributed by atoms with Crippen molar-refractivity contribution in [1.82, 2.24) is 19.9 Å². The zero-order valence-electron chi connectivity index (χ0n) is 13.2. The summed E-state index contributed by atoms with van der Waals surface area (Å²) in [7, 11) is 0. The fraction of sp³-hybridized carbons (Fsp3) is 0.438. The Morgan fingerprint density at radius 3 is 2.84 bits per heavy atom. The summed E-state index contributed by atoms with van der Waals surface area (Å²) in [6.07, 6.45) is -1.74. The zero-order chi connectivity index (χ0) is 18.0. The molecule has 0 aliphatic carbocycles. The van der Waals surface area contributed by atoms with Gasteiger partial charge in [-0.05, 0) is 24.1 Å². The SMILES string of the molecule is O=C(CCn1ccnn1)N1C[C@@H](O)C[C@@H]1c1cccc(C(F)(F)F)c1. The molecule has 1 N–H and O–H groups in total. The molecule has 2 heterocycles. The molecule has 6 nitrogen and oxygen atoms in total. The highest BCUT2D eigenvalue weighted by Crippen LogP contribution is 2.36. The van der Waals surface area contributed by atoms with Gasteiger partial charge < -0.3 is 10.0 Å². The molecule has 0 saturated carbocycles. The van der Waals surface area contributed by atoms with Crippen LogP contribution in [0.4, 0.5) is 13.2 Å². The van der Waals surface area contributed by atoms with Crippen LogP contribution in [0.25, 0.3) is 0 Å². The summed E-state index contributed by atoms with van der Waals surface area (Å²) >= 11 is 0. The minimum atomic E-state index is -4.45. The Kier molecular flexibility index (Phi) is 4.76. The van der Waals surface area contributed by atoms with Crippen molar-refractivity contribution in [3.05, 3.63) is 47.8 Å². The number of benzene rings is 1. The quantitative estimate of drug-likeness (QED) is 0.912. The molecule has 0 radical (unpaired) electrons. The highest BCUT2D eigenvalue weighted by atomic mass is 19.4. The number of β-amino-alcohol motifs (C(OH)–C–C–N with tert-alkyl or cyclic N) is 1. The van der Waals surface area contributed by atoms with Gasteiger partial charge in [0.05, 0.1) is 30.5 Å². The summed E-state index contributed by atoms with van der Waals surface area (Å²) in [4.78, 5) is 13.9. The van der Waals surface area contributed by atoms with Crippen LogP contribution < -0.4 is 0 Å². The molecule has 1 fully saturated rings. The molecule has 0 unspecified atom stereocenters. The number of aryl methyl sites for hydroxylation is 1. The smallest absolute Gasteiger partial charge is 0.391 e. The van der Waals surface area contributed by atoms with Crippen LogP contribution in [0.2, 0.25) is 0 Å². The van der Waals surface area contributed by atoms with Gasteiger partial charge >= 0.3 is 6.18 Å². The summed E-state index contributed by atoms with van der Waals surface area (Å²) in [6, 6.07) is 4.34. The maximum Gasteiger partial charge on any atom is 0.416 e. The van der Waals surface area contributed by atoms with Gasteiger partial charge in [0.15, 0.2) is 0 Å². The molecule has 1 aromatic carbocycles. The molecule has 2 atom stereocenters. The predicted molar refractivity (Wildman–Crippen MR) is 81.2 cm³/mol. The number of aliphatic hydroxyl groups is 1. The highest BCUT2D eigenvalue weighted by molar-refractivity contribution is 5.77. The third-order valence-electron chi connectivity index (χ3n) is 4.22. The Balaban J connectivity index is 1.76. The number of hydrogen-bond donors (Lipinski definition) is 1. The maximum absolute atomic E-state index is 12.9. The van der Waals surface area contributed by atoms with Crippen LogP contribution >= 0.6 is 0 Å². The van der Waals surface area contributed by atoms with Crippen molar-refractivity contribution in [3.8, 4) is 0 Å². The number of halogens is 3. The summed E-state index contributed by atoms with van der Waals surface area (Å²) in [5.74, 6) is -0.241. The molecule has 1 aliphatic heterocycles. The van der Waals surface area contributed by atoms with E-state index in [1.54, 1.807) is 12.3 Å². The molecule has 0 bridgehead atoms. The molecule has 1 aliphatic rings. The van der Waals surface area contributed by atoms with E-state index in [2.05, 4.69) is 10.3 Å². The Bertz CT molecular complexity index is 733. The first-order valence-electron chi connectivity index (χ1n) is 7.83. The van der Waals surface area contributed by atoms with Gasteiger partial charge in [0.1, 0.15) is 0 Å². The molecule has 134 valence electrons. The molecule has 2 aromatic rings. The second kappa shape index (κ2) is 6.83. The minimum absolute atomic E-state index is 0.108. The number of amides is 1. The number of nitrogens with zero attached hydrogens (tertiary/aromatic N) is 4. The second-order valence-electron chi connectivity index (χ2n) is 5.99. The molecule has 3 rings (SSSR count). The third kappa shape index (κ3) is 3.98. The number of alkyl halides is 3. The fourth-order valence-corrected chi connectivity index (χ4v) is 3.03. The van der Waals surface area contributed by atoms with Crippen molar-refractivity contribution in [2.75, 3.05) is 6.54 Å². The predicted octanol–water partition coefficient (Wildman–Crippen LogP) is 2.02. The molecule has 9 heteroatoms. The lowest BCUT2D eigenvalue weighted by Crippen LogP contribution is -2.32. The van der Waals surface area contributed by atoms with Gasteiger partial charge in [0, 0.05) is 19.2 Å². The van der Waals surface area contributed by atoms with E-state index in [0.29, 0.717) is 12.1 Å². The first-order valence-corrected chi connectivity index (χ1v) is 7.83. The average molecular weight is 354 g/mol. The lowest BCUT2D eigenvalue weighted by Gasteiger charge is -2.25. The highest BCUT2D eigenvalue weighted by Gasteiger charge is 2.37. The summed E-state index contributed by atoms with van der Waals surface area (Å²) < 4.78 is 40.3. The molecule has 1 aromatic heterocycles. The third-order valence-corrected chi connectivity index (χ3v) is 4.22. The lowest BCUT2D eigenvalue weighted by molar-refractivity contribution is -0.137. The number of aliphatic hydroxyl groups excluding tert-OH is 1. The van der Waals surface area contributed by atoms with Crippen LogP contribution in [0.3, 0.4) is 0 Å². The van der Waals surface area contributed by atoms with Crippen molar-refractivity contribution in [3.63, 3.8) is 0 Å². The van der Waals surface area contributed by atoms with Crippen molar-refractivity contribution < 1.29 is 23.1 Å². The number of hydrogen-bond acceptors (Lipinski definition) is 4. The Hall–Kier alpha value is -2.42. The minimum Gasteiger partial charge on any atom is -0.391 e. The van der Waals surface area contributed by atoms with E-state index in [-0.39, 0.29) is 25.3 Å². The van der Waals surface area contributed by atoms with E-state index in [4.69, 9.17) is 0 Å². The van der Waals surface area contributed by atoms with E-state index in [1.807, 2.05) is 0 Å². The van der Waals surface area contributed by atoms with Gasteiger partial charge in [-0.15, -0.1) is 5.10 Å². The van der Waals surface area contributed by atoms with Crippen molar-refractivity contribution in [2.24, 2.45) is 0 Å². The molecular formula is C16H17F3N4O2. The number of carbonyl (C=O) groups is 1. The van der Waals surface area contributed by atoms with Crippen molar-refractivity contribution >= 4 is 5.91 Å². The van der Waals surface area contributed by atoms with Crippen LogP contribution in [-0.2, 0) is 17.5 Å². The fourth-order valence-electron chi connectivity index (χ4n) is 3.03. The zero-order valence-corrected chi connectivity index (χ0v) is 13.2. The van der Waals surface area contributed by atoms with Crippen LogP contribution in [0.15, 0.2) is 36.7 Å². The van der Waals surface area contributed by atoms with Gasteiger partial charge in [0.25, 0.3) is 0 Å². The molecule has 1 saturated heterocycles. The number of carbonyl (C=O) groups excluding carboxylic acids is 1. The molecular weight excluding hydrogens is 337 g/mol. The van der Waals surface area contributed by atoms with Crippen LogP contribution in [0.5, 0.6) is 0 Å². The van der Waals surface area contributed by atoms with Crippen molar-refractivity contribution in [1.29, 1.82) is 0 Å². The molecule has 25 heavy (non-hydrogen) atoms. The van der Waals surface area contributed by atoms with E-state index >= 15 is 0 Å². The topological polar surface area (TPSA) is 71.2 Å². The Labute approximate surface area is 141 Å². The van der Waals surface area contributed by atoms with Gasteiger partial charge in [-0.3, -0.25) is 9.48 Å². The number of rotatable bonds is 4. The van der Waals surface area contributed by atoms with E-state index in [0.717, 1.165) is 12.1 Å². The van der Waals surface area contributed by atoms with Gasteiger partial charge in [-0.1, -0.05) is 17.3 Å². The van der Waals surface area contributed by atoms with Gasteiger partial charge in [0.2, 0.25) is 5.91 Å². The summed E-state index contributed by atoms with van der Waals surface area (Å²) in [5.41, 5.74) is -0.387. The molecule has 1 amide bonds. The van der Waals surface area contributed by atoms with Crippen LogP contribution in [0, 0.1) is 0 Å².